The predicted octanol–water partition coefficient (Wildman–Crippen LogP) is 0.314. The van der Waals surface area contributed by atoms with E-state index >= 15 is 0 Å². The van der Waals surface area contributed by atoms with Crippen LogP contribution in [0.15, 0.2) is 30.5 Å². The lowest BCUT2D eigenvalue weighted by molar-refractivity contribution is -0.131. The summed E-state index contributed by atoms with van der Waals surface area (Å²) in [5, 5.41) is 6.27. The van der Waals surface area contributed by atoms with Crippen LogP contribution in [0.3, 0.4) is 0 Å². The van der Waals surface area contributed by atoms with Crippen molar-refractivity contribution in [2.24, 2.45) is 11.5 Å². The van der Waals surface area contributed by atoms with Crippen molar-refractivity contribution in [2.45, 2.75) is 44.7 Å². The minimum atomic E-state index is -0.873. The highest BCUT2D eigenvalue weighted by atomic mass is 16.2. The number of para-hydroxylation sites is 1. The molecule has 0 aliphatic rings. The SMILES string of the molecule is CC(=O)N[C@@H](CCCCN)C(=O)N[C@@H](Cc1c[nH]c2ccccc12)C(N)=O. The van der Waals surface area contributed by atoms with E-state index in [1.807, 2.05) is 24.3 Å². The molecule has 27 heavy (non-hydrogen) atoms. The number of fused-ring (bicyclic) bond motifs is 1. The van der Waals surface area contributed by atoms with Gasteiger partial charge in [-0.2, -0.15) is 0 Å². The fraction of sp³-hybridized carbons (Fsp3) is 0.421. The number of primary amides is 1. The molecule has 2 rings (SSSR count). The molecule has 1 heterocycles. The van der Waals surface area contributed by atoms with Gasteiger partial charge in [-0.05, 0) is 37.4 Å². The van der Waals surface area contributed by atoms with E-state index < -0.39 is 23.9 Å². The maximum absolute atomic E-state index is 12.6. The van der Waals surface area contributed by atoms with Crippen LogP contribution in [0.4, 0.5) is 0 Å². The summed E-state index contributed by atoms with van der Waals surface area (Å²) >= 11 is 0. The Kier molecular flexibility index (Phi) is 7.36. The van der Waals surface area contributed by atoms with Gasteiger partial charge in [0.05, 0.1) is 0 Å². The smallest absolute Gasteiger partial charge is 0.243 e. The van der Waals surface area contributed by atoms with Crippen LogP contribution in [0.2, 0.25) is 0 Å². The second kappa shape index (κ2) is 9.72. The number of hydrogen-bond donors (Lipinski definition) is 5. The molecule has 2 atom stereocenters. The molecule has 0 saturated carbocycles. The van der Waals surface area contributed by atoms with E-state index in [0.29, 0.717) is 19.4 Å². The molecule has 0 bridgehead atoms. The van der Waals surface area contributed by atoms with Gasteiger partial charge >= 0.3 is 0 Å². The topological polar surface area (TPSA) is 143 Å². The van der Waals surface area contributed by atoms with Crippen molar-refractivity contribution in [1.29, 1.82) is 0 Å². The normalized spacial score (nSPS) is 13.1. The third-order valence-corrected chi connectivity index (χ3v) is 4.40. The molecule has 0 saturated heterocycles. The molecule has 146 valence electrons. The second-order valence-corrected chi connectivity index (χ2v) is 6.56. The summed E-state index contributed by atoms with van der Waals surface area (Å²) in [6.07, 6.45) is 3.96. The van der Waals surface area contributed by atoms with E-state index in [9.17, 15) is 14.4 Å². The van der Waals surface area contributed by atoms with Crippen LogP contribution in [0.25, 0.3) is 10.9 Å². The first-order valence-electron chi connectivity index (χ1n) is 9.04. The number of carbonyl (C=O) groups is 3. The molecule has 0 aliphatic heterocycles. The Balaban J connectivity index is 2.09. The Morgan fingerprint density at radius 3 is 2.52 bits per heavy atom. The Morgan fingerprint density at radius 1 is 1.11 bits per heavy atom. The quantitative estimate of drug-likeness (QED) is 0.382. The average molecular weight is 373 g/mol. The van der Waals surface area contributed by atoms with Crippen molar-refractivity contribution in [3.8, 4) is 0 Å². The number of nitrogens with two attached hydrogens (primary N) is 2. The number of amides is 3. The Bertz CT molecular complexity index is 801. The molecule has 1 aromatic heterocycles. The van der Waals surface area contributed by atoms with E-state index in [1.165, 1.54) is 6.92 Å². The van der Waals surface area contributed by atoms with E-state index in [1.54, 1.807) is 6.20 Å². The summed E-state index contributed by atoms with van der Waals surface area (Å²) < 4.78 is 0. The Labute approximate surface area is 158 Å². The first-order chi connectivity index (χ1) is 12.9. The number of unbranched alkanes of at least 4 members (excludes halogenated alkanes) is 1. The first-order valence-corrected chi connectivity index (χ1v) is 9.04. The lowest BCUT2D eigenvalue weighted by Gasteiger charge is -2.21. The van der Waals surface area contributed by atoms with E-state index in [-0.39, 0.29) is 12.3 Å². The first kappa shape index (κ1) is 20.4. The largest absolute Gasteiger partial charge is 0.368 e. The number of rotatable bonds is 10. The fourth-order valence-corrected chi connectivity index (χ4v) is 3.02. The van der Waals surface area contributed by atoms with Gasteiger partial charge in [0.25, 0.3) is 0 Å². The average Bonchev–Trinajstić information content (AvgIpc) is 3.03. The summed E-state index contributed by atoms with van der Waals surface area (Å²) in [6.45, 7) is 1.86. The lowest BCUT2D eigenvalue weighted by atomic mass is 10.0. The van der Waals surface area contributed by atoms with E-state index in [4.69, 9.17) is 11.5 Å². The summed E-state index contributed by atoms with van der Waals surface area (Å²) in [7, 11) is 0. The molecule has 7 N–H and O–H groups in total. The van der Waals surface area contributed by atoms with Gasteiger partial charge in [0.2, 0.25) is 17.7 Å². The predicted molar refractivity (Wildman–Crippen MR) is 104 cm³/mol. The standard InChI is InChI=1S/C19H27N5O3/c1-12(25)23-16(8-4-5-9-20)19(27)24-17(18(21)26)10-13-11-22-15-7-3-2-6-14(13)15/h2-3,6-7,11,16-17,22H,4-5,8-10,20H2,1H3,(H2,21,26)(H,23,25)(H,24,27)/t16-,17-/m0/s1. The maximum atomic E-state index is 12.6. The zero-order valence-corrected chi connectivity index (χ0v) is 15.5. The molecule has 8 heteroatoms. The highest BCUT2D eigenvalue weighted by Gasteiger charge is 2.25. The van der Waals surface area contributed by atoms with Crippen LogP contribution in [0.1, 0.15) is 31.7 Å². The summed E-state index contributed by atoms with van der Waals surface area (Å²) in [6, 6.07) is 6.09. The molecule has 3 amide bonds. The van der Waals surface area contributed by atoms with Crippen LogP contribution >= 0.6 is 0 Å². The zero-order valence-electron chi connectivity index (χ0n) is 15.5. The highest BCUT2D eigenvalue weighted by molar-refractivity contribution is 5.92. The summed E-state index contributed by atoms with van der Waals surface area (Å²) in [5.74, 6) is -1.36. The van der Waals surface area contributed by atoms with Crippen LogP contribution in [-0.2, 0) is 20.8 Å². The molecule has 0 spiro atoms. The molecule has 0 radical (unpaired) electrons. The number of H-pyrrole nitrogens is 1. The molecule has 8 nitrogen and oxygen atoms in total. The molecular formula is C19H27N5O3. The van der Waals surface area contributed by atoms with Gasteiger partial charge in [-0.25, -0.2) is 0 Å². The molecule has 0 unspecified atom stereocenters. The van der Waals surface area contributed by atoms with Crippen molar-refractivity contribution in [2.75, 3.05) is 6.54 Å². The van der Waals surface area contributed by atoms with Crippen LogP contribution in [0.5, 0.6) is 0 Å². The lowest BCUT2D eigenvalue weighted by Crippen LogP contribution is -2.53. The monoisotopic (exact) mass is 373 g/mol. The van der Waals surface area contributed by atoms with Crippen LogP contribution < -0.4 is 22.1 Å². The number of nitrogens with one attached hydrogen (secondary N) is 3. The minimum absolute atomic E-state index is 0.265. The molecule has 2 aromatic rings. The Morgan fingerprint density at radius 2 is 1.85 bits per heavy atom. The van der Waals surface area contributed by atoms with Gasteiger partial charge < -0.3 is 27.1 Å². The van der Waals surface area contributed by atoms with Gasteiger partial charge in [0, 0.05) is 30.4 Å². The number of benzene rings is 1. The molecule has 0 fully saturated rings. The van der Waals surface area contributed by atoms with Gasteiger partial charge in [-0.1, -0.05) is 18.2 Å². The van der Waals surface area contributed by atoms with Gasteiger partial charge in [-0.3, -0.25) is 14.4 Å². The third kappa shape index (κ3) is 5.82. The summed E-state index contributed by atoms with van der Waals surface area (Å²) in [5.41, 5.74) is 12.8. The second-order valence-electron chi connectivity index (χ2n) is 6.56. The van der Waals surface area contributed by atoms with Crippen LogP contribution in [0, 0.1) is 0 Å². The minimum Gasteiger partial charge on any atom is -0.368 e. The zero-order chi connectivity index (χ0) is 19.8. The van der Waals surface area contributed by atoms with Gasteiger partial charge in [0.1, 0.15) is 12.1 Å². The van der Waals surface area contributed by atoms with Gasteiger partial charge in [0.15, 0.2) is 0 Å². The number of aromatic amines is 1. The van der Waals surface area contributed by atoms with Crippen molar-refractivity contribution in [1.82, 2.24) is 15.6 Å². The summed E-state index contributed by atoms with van der Waals surface area (Å²) in [4.78, 5) is 39.0. The van der Waals surface area contributed by atoms with E-state index in [2.05, 4.69) is 15.6 Å². The van der Waals surface area contributed by atoms with Gasteiger partial charge in [-0.15, -0.1) is 0 Å². The number of hydrogen-bond acceptors (Lipinski definition) is 4. The van der Waals surface area contributed by atoms with E-state index in [0.717, 1.165) is 22.9 Å². The fourth-order valence-electron chi connectivity index (χ4n) is 3.02. The van der Waals surface area contributed by atoms with Crippen molar-refractivity contribution < 1.29 is 14.4 Å². The van der Waals surface area contributed by atoms with Crippen LogP contribution in [-0.4, -0.2) is 41.3 Å². The van der Waals surface area contributed by atoms with Crippen molar-refractivity contribution in [3.63, 3.8) is 0 Å². The Hall–Kier alpha value is -2.87. The third-order valence-electron chi connectivity index (χ3n) is 4.40. The highest BCUT2D eigenvalue weighted by Crippen LogP contribution is 2.19. The molecule has 1 aromatic carbocycles. The van der Waals surface area contributed by atoms with Crippen molar-refractivity contribution in [3.05, 3.63) is 36.0 Å². The molecular weight excluding hydrogens is 346 g/mol. The number of carbonyl (C=O) groups excluding carboxylic acids is 3. The maximum Gasteiger partial charge on any atom is 0.243 e. The van der Waals surface area contributed by atoms with Crippen molar-refractivity contribution >= 4 is 28.6 Å². The molecule has 0 aliphatic carbocycles. The number of aromatic nitrogens is 1.